The van der Waals surface area contributed by atoms with Crippen LogP contribution in [0.5, 0.6) is 0 Å². The number of esters is 1. The maximum Gasteiger partial charge on any atom is 0.338 e. The molecule has 2 bridgehead atoms. The number of anilines is 1. The number of ether oxygens (including phenoxy) is 1. The molecule has 7 nitrogen and oxygen atoms in total. The molecule has 1 N–H and O–H groups in total. The molecule has 0 spiro atoms. The van der Waals surface area contributed by atoms with Gasteiger partial charge in [0.15, 0.2) is 0 Å². The average Bonchev–Trinajstić information content (AvgIpc) is 3.64. The number of rotatable bonds is 6. The zero-order chi connectivity index (χ0) is 24.1. The molecular weight excluding hydrogens is 484 g/mol. The minimum atomic E-state index is -0.399. The van der Waals surface area contributed by atoms with Crippen LogP contribution in [-0.4, -0.2) is 28.3 Å². The number of aromatic nitrogens is 1. The van der Waals surface area contributed by atoms with Gasteiger partial charge in [0.05, 0.1) is 34.3 Å². The molecule has 3 aromatic rings. The Morgan fingerprint density at radius 2 is 1.97 bits per heavy atom. The van der Waals surface area contributed by atoms with Crippen LogP contribution in [0.2, 0.25) is 0 Å². The number of amides is 1. The summed E-state index contributed by atoms with van der Waals surface area (Å²) in [6, 6.07) is 10.5. The first-order chi connectivity index (χ1) is 17.0. The first-order valence-electron chi connectivity index (χ1n) is 12.0. The second kappa shape index (κ2) is 9.02. The molecule has 6 rings (SSSR count). The minimum Gasteiger partial charge on any atom is -0.469 e. The van der Waals surface area contributed by atoms with Crippen molar-refractivity contribution in [2.75, 3.05) is 11.9 Å². The summed E-state index contributed by atoms with van der Waals surface area (Å²) in [4.78, 5) is 38.8. The first-order valence-corrected chi connectivity index (χ1v) is 13.7. The Kier molecular flexibility index (Phi) is 5.84. The van der Waals surface area contributed by atoms with Crippen molar-refractivity contribution in [2.45, 2.75) is 48.9 Å². The van der Waals surface area contributed by atoms with Crippen LogP contribution in [-0.2, 0) is 16.1 Å². The Morgan fingerprint density at radius 1 is 1.17 bits per heavy atom. The van der Waals surface area contributed by atoms with Crippen LogP contribution < -0.4 is 10.2 Å². The van der Waals surface area contributed by atoms with E-state index < -0.39 is 5.97 Å². The Hall–Kier alpha value is -2.78. The molecule has 2 aromatic heterocycles. The van der Waals surface area contributed by atoms with Gasteiger partial charge in [0.2, 0.25) is 5.91 Å². The number of carbonyl (C=O) groups is 2. The monoisotopic (exact) mass is 510 g/mol. The van der Waals surface area contributed by atoms with E-state index in [0.717, 1.165) is 15.7 Å². The van der Waals surface area contributed by atoms with E-state index in [-0.39, 0.29) is 23.2 Å². The molecule has 1 aliphatic heterocycles. The molecule has 3 heterocycles. The minimum absolute atomic E-state index is 0.0480. The van der Waals surface area contributed by atoms with E-state index in [9.17, 15) is 14.4 Å². The Morgan fingerprint density at radius 3 is 2.71 bits per heavy atom. The number of furan rings is 1. The molecule has 9 heteroatoms. The van der Waals surface area contributed by atoms with Gasteiger partial charge in [-0.2, -0.15) is 0 Å². The maximum atomic E-state index is 13.1. The largest absolute Gasteiger partial charge is 0.469 e. The highest BCUT2D eigenvalue weighted by atomic mass is 32.2. The molecular formula is C26H26N2O5S2. The summed E-state index contributed by atoms with van der Waals surface area (Å²) in [6.07, 6.45) is 5.46. The van der Waals surface area contributed by atoms with E-state index in [1.54, 1.807) is 53.8 Å². The van der Waals surface area contributed by atoms with E-state index in [1.165, 1.54) is 30.6 Å². The molecule has 35 heavy (non-hydrogen) atoms. The van der Waals surface area contributed by atoms with Crippen molar-refractivity contribution in [3.63, 3.8) is 0 Å². The van der Waals surface area contributed by atoms with Gasteiger partial charge >= 0.3 is 10.8 Å². The van der Waals surface area contributed by atoms with Crippen molar-refractivity contribution in [1.82, 2.24) is 4.57 Å². The van der Waals surface area contributed by atoms with E-state index in [0.29, 0.717) is 40.9 Å². The fraction of sp³-hybridized carbons (Fsp3) is 0.423. The lowest BCUT2D eigenvalue weighted by Gasteiger charge is -2.39. The van der Waals surface area contributed by atoms with Crippen molar-refractivity contribution in [3.8, 4) is 0 Å². The summed E-state index contributed by atoms with van der Waals surface area (Å²) in [5.41, 5.74) is 0.989. The highest BCUT2D eigenvalue weighted by Gasteiger charge is 2.55. The zero-order valence-electron chi connectivity index (χ0n) is 19.3. The summed E-state index contributed by atoms with van der Waals surface area (Å²) >= 11 is 3.05. The van der Waals surface area contributed by atoms with E-state index >= 15 is 0 Å². The zero-order valence-corrected chi connectivity index (χ0v) is 20.9. The third-order valence-corrected chi connectivity index (χ3v) is 10.3. The third-order valence-electron chi connectivity index (χ3n) is 7.52. The Labute approximate surface area is 210 Å². The van der Waals surface area contributed by atoms with Gasteiger partial charge in [0.1, 0.15) is 12.3 Å². The highest BCUT2D eigenvalue weighted by molar-refractivity contribution is 8.00. The van der Waals surface area contributed by atoms with Gasteiger partial charge in [0, 0.05) is 10.9 Å². The lowest BCUT2D eigenvalue weighted by Crippen LogP contribution is -2.34. The van der Waals surface area contributed by atoms with Crippen LogP contribution in [0.3, 0.4) is 0 Å². The second-order valence-electron chi connectivity index (χ2n) is 9.46. The van der Waals surface area contributed by atoms with Crippen LogP contribution >= 0.6 is 23.1 Å². The molecule has 3 aliphatic rings. The molecule has 1 amide bonds. The molecule has 0 radical (unpaired) electrons. The summed E-state index contributed by atoms with van der Waals surface area (Å²) in [5, 5.41) is 4.22. The van der Waals surface area contributed by atoms with Gasteiger partial charge < -0.3 is 14.5 Å². The van der Waals surface area contributed by atoms with E-state index in [4.69, 9.17) is 9.15 Å². The van der Waals surface area contributed by atoms with Crippen molar-refractivity contribution in [3.05, 3.63) is 68.5 Å². The number of carbonyl (C=O) groups excluding carboxylic acids is 2. The number of benzene rings is 1. The van der Waals surface area contributed by atoms with Gasteiger partial charge in [-0.15, -0.1) is 11.8 Å². The summed E-state index contributed by atoms with van der Waals surface area (Å²) < 4.78 is 12.5. The number of thiazole rings is 1. The molecule has 2 saturated carbocycles. The van der Waals surface area contributed by atoms with E-state index in [1.807, 2.05) is 12.1 Å². The Bertz CT molecular complexity index is 1310. The summed E-state index contributed by atoms with van der Waals surface area (Å²) in [5.74, 6) is 2.15. The lowest BCUT2D eigenvalue weighted by molar-refractivity contribution is -0.116. The van der Waals surface area contributed by atoms with E-state index in [2.05, 4.69) is 5.32 Å². The van der Waals surface area contributed by atoms with Crippen LogP contribution in [0.4, 0.5) is 5.69 Å². The van der Waals surface area contributed by atoms with Gasteiger partial charge in [-0.25, -0.2) is 4.79 Å². The number of nitrogens with one attached hydrogen (secondary N) is 1. The maximum absolute atomic E-state index is 13.1. The topological polar surface area (TPSA) is 90.5 Å². The highest BCUT2D eigenvalue weighted by Crippen LogP contribution is 2.64. The van der Waals surface area contributed by atoms with Crippen LogP contribution in [0, 0.1) is 17.8 Å². The number of nitrogens with zero attached hydrogens (tertiary/aromatic N) is 1. The predicted molar refractivity (Wildman–Crippen MR) is 134 cm³/mol. The van der Waals surface area contributed by atoms with Gasteiger partial charge in [-0.05, 0) is 80.3 Å². The van der Waals surface area contributed by atoms with Crippen LogP contribution in [0.1, 0.15) is 53.1 Å². The molecule has 0 saturated heterocycles. The number of fused-ring (bicyclic) bond motifs is 6. The van der Waals surface area contributed by atoms with Crippen LogP contribution in [0.25, 0.3) is 0 Å². The smallest absolute Gasteiger partial charge is 0.338 e. The second-order valence-corrected chi connectivity index (χ2v) is 11.6. The SMILES string of the molecule is CCOC(=O)c1ccc(NC(=O)Cn2c3c(sc2=O)[C@H](c2ccco2)C2C4CCC(C4)C2S3)cc1. The summed E-state index contributed by atoms with van der Waals surface area (Å²) in [6.45, 7) is 2.01. The fourth-order valence-corrected chi connectivity index (χ4v) is 9.25. The predicted octanol–water partition coefficient (Wildman–Crippen LogP) is 4.97. The van der Waals surface area contributed by atoms with Crippen molar-refractivity contribution >= 4 is 40.7 Å². The molecule has 1 aromatic carbocycles. The Balaban J connectivity index is 1.25. The van der Waals surface area contributed by atoms with Crippen molar-refractivity contribution in [1.29, 1.82) is 0 Å². The first kappa shape index (κ1) is 22.7. The third kappa shape index (κ3) is 3.94. The van der Waals surface area contributed by atoms with Gasteiger partial charge in [-0.3, -0.25) is 14.2 Å². The molecule has 5 atom stereocenters. The van der Waals surface area contributed by atoms with Crippen molar-refractivity contribution < 1.29 is 18.7 Å². The van der Waals surface area contributed by atoms with Crippen molar-refractivity contribution in [2.24, 2.45) is 17.8 Å². The normalized spacial score (nSPS) is 26.3. The number of hydrogen-bond acceptors (Lipinski definition) is 7. The molecule has 4 unspecified atom stereocenters. The van der Waals surface area contributed by atoms with Gasteiger partial charge in [0.25, 0.3) is 0 Å². The molecule has 182 valence electrons. The standard InChI is InChI=1S/C26H26N2O5S2/c1-2-32-25(30)14-7-9-17(10-8-14)27-19(29)13-28-24-23(35-26(28)31)21(18-4-3-11-33-18)20-15-5-6-16(12-15)22(20)34-24/h3-4,7-11,15-16,20-22H,2,5-6,12-13H2,1H3,(H,27,29)/t15?,16?,20?,21-,22?/m1/s1. The number of hydrogen-bond donors (Lipinski definition) is 1. The van der Waals surface area contributed by atoms with Crippen LogP contribution in [0.15, 0.2) is 56.9 Å². The quantitative estimate of drug-likeness (QED) is 0.471. The molecule has 2 aliphatic carbocycles. The average molecular weight is 511 g/mol. The number of thioether (sulfide) groups is 1. The summed E-state index contributed by atoms with van der Waals surface area (Å²) in [7, 11) is 0. The lowest BCUT2D eigenvalue weighted by atomic mass is 9.77. The van der Waals surface area contributed by atoms with Gasteiger partial charge in [-0.1, -0.05) is 11.3 Å². The molecule has 2 fully saturated rings. The fourth-order valence-electron chi connectivity index (χ4n) is 6.12.